The number of rotatable bonds is 3. The van der Waals surface area contributed by atoms with Crippen molar-refractivity contribution in [2.75, 3.05) is 13.1 Å². The van der Waals surface area contributed by atoms with E-state index in [-0.39, 0.29) is 30.6 Å². The topological polar surface area (TPSA) is 61.9 Å². The molecule has 1 saturated heterocycles. The molecule has 0 radical (unpaired) electrons. The van der Waals surface area contributed by atoms with Crippen molar-refractivity contribution in [3.8, 4) is 0 Å². The Kier molecular flexibility index (Phi) is 4.04. The fourth-order valence-electron chi connectivity index (χ4n) is 3.21. The van der Waals surface area contributed by atoms with E-state index in [4.69, 9.17) is 10.9 Å². The van der Waals surface area contributed by atoms with Crippen molar-refractivity contribution in [1.82, 2.24) is 4.90 Å². The zero-order valence-electron chi connectivity index (χ0n) is 10.5. The molecule has 6 heteroatoms. The number of alkyl halides is 2. The number of oxime groups is 1. The average Bonchev–Trinajstić information content (AvgIpc) is 2.75. The van der Waals surface area contributed by atoms with Crippen LogP contribution in [0.15, 0.2) is 5.16 Å². The van der Waals surface area contributed by atoms with Crippen molar-refractivity contribution in [2.24, 2.45) is 16.8 Å². The molecule has 2 atom stereocenters. The summed E-state index contributed by atoms with van der Waals surface area (Å²) in [5, 5.41) is 11.8. The van der Waals surface area contributed by atoms with Crippen LogP contribution in [0.3, 0.4) is 0 Å². The maximum absolute atomic E-state index is 13.3. The Bertz CT molecular complexity index is 322. The van der Waals surface area contributed by atoms with Crippen LogP contribution in [0.25, 0.3) is 0 Å². The number of hydrogen-bond acceptors (Lipinski definition) is 3. The first-order valence-corrected chi connectivity index (χ1v) is 6.61. The second-order valence-corrected chi connectivity index (χ2v) is 5.50. The first kappa shape index (κ1) is 13.5. The summed E-state index contributed by atoms with van der Waals surface area (Å²) in [4.78, 5) is 2.08. The molecule has 0 amide bonds. The predicted octanol–water partition coefficient (Wildman–Crippen LogP) is 2.02. The third-order valence-corrected chi connectivity index (χ3v) is 4.06. The lowest BCUT2D eigenvalue weighted by molar-refractivity contribution is -0.0566. The van der Waals surface area contributed by atoms with Gasteiger partial charge in [-0.3, -0.25) is 4.90 Å². The summed E-state index contributed by atoms with van der Waals surface area (Å²) in [5.41, 5.74) is 5.64. The summed E-state index contributed by atoms with van der Waals surface area (Å²) in [6, 6.07) is -0.0782. The summed E-state index contributed by atoms with van der Waals surface area (Å²) in [5.74, 6) is -2.27. The lowest BCUT2D eigenvalue weighted by atomic mass is 9.86. The normalized spacial score (nSPS) is 33.8. The van der Waals surface area contributed by atoms with E-state index in [1.165, 1.54) is 0 Å². The summed E-state index contributed by atoms with van der Waals surface area (Å²) in [6.07, 6.45) is 3.28. The van der Waals surface area contributed by atoms with Gasteiger partial charge in [0.15, 0.2) is 5.84 Å². The molecular formula is C12H21F2N3O. The molecule has 0 spiro atoms. The molecule has 2 rings (SSSR count). The summed E-state index contributed by atoms with van der Waals surface area (Å²) in [7, 11) is 0. The molecule has 3 N–H and O–H groups in total. The van der Waals surface area contributed by atoms with Gasteiger partial charge in [0.1, 0.15) is 0 Å². The van der Waals surface area contributed by atoms with E-state index < -0.39 is 5.92 Å². The van der Waals surface area contributed by atoms with Gasteiger partial charge in [0.25, 0.3) is 0 Å². The monoisotopic (exact) mass is 261 g/mol. The third-order valence-electron chi connectivity index (χ3n) is 4.06. The Morgan fingerprint density at radius 2 is 2.17 bits per heavy atom. The highest BCUT2D eigenvalue weighted by molar-refractivity contribution is 5.85. The van der Waals surface area contributed by atoms with Gasteiger partial charge in [-0.25, -0.2) is 8.78 Å². The van der Waals surface area contributed by atoms with Crippen LogP contribution in [0, 0.1) is 5.92 Å². The van der Waals surface area contributed by atoms with Gasteiger partial charge in [-0.2, -0.15) is 0 Å². The largest absolute Gasteiger partial charge is 0.409 e. The molecule has 18 heavy (non-hydrogen) atoms. The summed E-state index contributed by atoms with van der Waals surface area (Å²) in [6.45, 7) is 1.49. The second kappa shape index (κ2) is 5.38. The highest BCUT2D eigenvalue weighted by atomic mass is 19.3. The number of hydrogen-bond donors (Lipinski definition) is 2. The Labute approximate surface area is 106 Å². The SMILES string of the molecule is NC(=NO)C1CCCN1CC1CCCC(F)(F)C1. The van der Waals surface area contributed by atoms with E-state index in [1.54, 1.807) is 0 Å². The van der Waals surface area contributed by atoms with Crippen molar-refractivity contribution >= 4 is 5.84 Å². The van der Waals surface area contributed by atoms with Gasteiger partial charge >= 0.3 is 0 Å². The Balaban J connectivity index is 1.92. The predicted molar refractivity (Wildman–Crippen MR) is 64.9 cm³/mol. The van der Waals surface area contributed by atoms with Gasteiger partial charge in [0.2, 0.25) is 5.92 Å². The number of nitrogens with zero attached hydrogens (tertiary/aromatic N) is 2. The van der Waals surface area contributed by atoms with Crippen LogP contribution in [-0.4, -0.2) is 41.0 Å². The van der Waals surface area contributed by atoms with Crippen molar-refractivity contribution in [3.63, 3.8) is 0 Å². The second-order valence-electron chi connectivity index (χ2n) is 5.50. The zero-order chi connectivity index (χ0) is 13.2. The van der Waals surface area contributed by atoms with E-state index >= 15 is 0 Å². The number of likely N-dealkylation sites (tertiary alicyclic amines) is 1. The molecule has 104 valence electrons. The van der Waals surface area contributed by atoms with Crippen LogP contribution in [0.4, 0.5) is 8.78 Å². The summed E-state index contributed by atoms with van der Waals surface area (Å²) >= 11 is 0. The van der Waals surface area contributed by atoms with E-state index in [2.05, 4.69) is 10.1 Å². The molecule has 1 heterocycles. The lowest BCUT2D eigenvalue weighted by Crippen LogP contribution is -2.44. The average molecular weight is 261 g/mol. The molecule has 1 aliphatic carbocycles. The van der Waals surface area contributed by atoms with Gasteiger partial charge in [0.05, 0.1) is 6.04 Å². The Morgan fingerprint density at radius 1 is 1.39 bits per heavy atom. The Hall–Kier alpha value is -0.910. The van der Waals surface area contributed by atoms with Gasteiger partial charge in [-0.05, 0) is 38.1 Å². The van der Waals surface area contributed by atoms with Crippen LogP contribution in [0.5, 0.6) is 0 Å². The van der Waals surface area contributed by atoms with Gasteiger partial charge in [-0.15, -0.1) is 0 Å². The molecule has 2 aliphatic rings. The molecule has 0 bridgehead atoms. The first-order chi connectivity index (χ1) is 8.52. The van der Waals surface area contributed by atoms with Crippen molar-refractivity contribution < 1.29 is 14.0 Å². The standard InChI is InChI=1S/C12H21F2N3O/c13-12(14)5-1-3-9(7-12)8-17-6-2-4-10(17)11(15)16-18/h9-10,18H,1-8H2,(H2,15,16). The maximum Gasteiger partial charge on any atom is 0.248 e. The summed E-state index contributed by atoms with van der Waals surface area (Å²) < 4.78 is 26.7. The number of amidine groups is 1. The zero-order valence-corrected chi connectivity index (χ0v) is 10.5. The molecule has 4 nitrogen and oxygen atoms in total. The number of halogens is 2. The van der Waals surface area contributed by atoms with Gasteiger partial charge in [-0.1, -0.05) is 5.16 Å². The van der Waals surface area contributed by atoms with Crippen LogP contribution in [-0.2, 0) is 0 Å². The quantitative estimate of drug-likeness (QED) is 0.353. The maximum atomic E-state index is 13.3. The smallest absolute Gasteiger partial charge is 0.248 e. The highest BCUT2D eigenvalue weighted by Crippen LogP contribution is 2.37. The highest BCUT2D eigenvalue weighted by Gasteiger charge is 2.38. The molecule has 2 unspecified atom stereocenters. The van der Waals surface area contributed by atoms with Crippen LogP contribution in [0.2, 0.25) is 0 Å². The molecule has 2 fully saturated rings. The molecule has 0 aromatic carbocycles. The van der Waals surface area contributed by atoms with E-state index in [0.29, 0.717) is 13.0 Å². The van der Waals surface area contributed by atoms with E-state index in [9.17, 15) is 8.78 Å². The minimum atomic E-state index is -2.51. The fraction of sp³-hybridized carbons (Fsp3) is 0.917. The van der Waals surface area contributed by atoms with Crippen molar-refractivity contribution in [3.05, 3.63) is 0 Å². The lowest BCUT2D eigenvalue weighted by Gasteiger charge is -2.33. The minimum absolute atomic E-state index is 0.0210. The third kappa shape index (κ3) is 3.10. The molecule has 0 aromatic heterocycles. The molecule has 1 aliphatic heterocycles. The fourth-order valence-corrected chi connectivity index (χ4v) is 3.21. The molecular weight excluding hydrogens is 240 g/mol. The van der Waals surface area contributed by atoms with E-state index in [1.807, 2.05) is 0 Å². The number of nitrogens with two attached hydrogens (primary N) is 1. The van der Waals surface area contributed by atoms with Gasteiger partial charge in [0, 0.05) is 19.4 Å². The van der Waals surface area contributed by atoms with Crippen LogP contribution >= 0.6 is 0 Å². The minimum Gasteiger partial charge on any atom is -0.409 e. The van der Waals surface area contributed by atoms with Crippen LogP contribution < -0.4 is 5.73 Å². The van der Waals surface area contributed by atoms with Crippen molar-refractivity contribution in [2.45, 2.75) is 50.5 Å². The van der Waals surface area contributed by atoms with Crippen molar-refractivity contribution in [1.29, 1.82) is 0 Å². The van der Waals surface area contributed by atoms with E-state index in [0.717, 1.165) is 25.8 Å². The Morgan fingerprint density at radius 3 is 2.83 bits per heavy atom. The molecule has 0 aromatic rings. The van der Waals surface area contributed by atoms with Crippen LogP contribution in [0.1, 0.15) is 38.5 Å². The first-order valence-electron chi connectivity index (χ1n) is 6.61. The van der Waals surface area contributed by atoms with Gasteiger partial charge < -0.3 is 10.9 Å². The molecule has 1 saturated carbocycles.